The highest BCUT2D eigenvalue weighted by atomic mass is 32.1. The van der Waals surface area contributed by atoms with E-state index in [1.807, 2.05) is 24.3 Å². The Morgan fingerprint density at radius 3 is 2.81 bits per heavy atom. The van der Waals surface area contributed by atoms with Crippen LogP contribution in [0, 0.1) is 0 Å². The van der Waals surface area contributed by atoms with Crippen LogP contribution in [0.5, 0.6) is 11.6 Å². The van der Waals surface area contributed by atoms with Crippen molar-refractivity contribution in [3.63, 3.8) is 0 Å². The number of aryl methyl sites for hydroxylation is 2. The van der Waals surface area contributed by atoms with Crippen molar-refractivity contribution < 1.29 is 14.3 Å². The molecule has 1 aromatic carbocycles. The zero-order valence-electron chi connectivity index (χ0n) is 14.4. The number of aromatic nitrogens is 2. The fourth-order valence-corrected chi connectivity index (χ4v) is 4.36. The Morgan fingerprint density at radius 1 is 1.19 bits per heavy atom. The standard InChI is InChI=1S/C19H19N3O3S/c1-24-16(23)10-20-12-6-8-13(9-7-12)25-18-17-14-4-2-3-5-15(14)26-19(17)22-11-21-18/h6-9,11,20H,2-5,10H2,1H3. The summed E-state index contributed by atoms with van der Waals surface area (Å²) in [6.45, 7) is 0.129. The minimum Gasteiger partial charge on any atom is -0.468 e. The first-order valence-corrected chi connectivity index (χ1v) is 9.40. The number of anilines is 1. The van der Waals surface area contributed by atoms with Gasteiger partial charge < -0.3 is 14.8 Å². The number of hydrogen-bond donors (Lipinski definition) is 1. The van der Waals surface area contributed by atoms with Gasteiger partial charge in [-0.2, -0.15) is 0 Å². The number of nitrogens with one attached hydrogen (secondary N) is 1. The number of nitrogens with zero attached hydrogens (tertiary/aromatic N) is 2. The lowest BCUT2D eigenvalue weighted by molar-refractivity contribution is -0.138. The molecule has 0 bridgehead atoms. The number of ether oxygens (including phenoxy) is 2. The summed E-state index contributed by atoms with van der Waals surface area (Å²) in [5, 5.41) is 4.05. The third kappa shape index (κ3) is 3.35. The summed E-state index contributed by atoms with van der Waals surface area (Å²) >= 11 is 1.75. The van der Waals surface area contributed by atoms with Crippen LogP contribution in [-0.4, -0.2) is 29.6 Å². The number of carbonyl (C=O) groups excluding carboxylic acids is 1. The minimum absolute atomic E-state index is 0.129. The highest BCUT2D eigenvalue weighted by Gasteiger charge is 2.20. The van der Waals surface area contributed by atoms with Crippen molar-refractivity contribution in [1.82, 2.24) is 9.97 Å². The summed E-state index contributed by atoms with van der Waals surface area (Å²) in [6, 6.07) is 7.43. The molecule has 134 valence electrons. The minimum atomic E-state index is -0.309. The van der Waals surface area contributed by atoms with E-state index in [0.717, 1.165) is 28.7 Å². The number of methoxy groups -OCH3 is 1. The Morgan fingerprint density at radius 2 is 2.00 bits per heavy atom. The predicted molar refractivity (Wildman–Crippen MR) is 101 cm³/mol. The second kappa shape index (κ2) is 7.29. The summed E-state index contributed by atoms with van der Waals surface area (Å²) in [5.41, 5.74) is 2.17. The van der Waals surface area contributed by atoms with Crippen LogP contribution in [-0.2, 0) is 22.4 Å². The lowest BCUT2D eigenvalue weighted by Crippen LogP contribution is -2.14. The van der Waals surface area contributed by atoms with E-state index < -0.39 is 0 Å². The number of fused-ring (bicyclic) bond motifs is 3. The largest absolute Gasteiger partial charge is 0.468 e. The molecule has 0 fully saturated rings. The molecule has 26 heavy (non-hydrogen) atoms. The van der Waals surface area contributed by atoms with Crippen molar-refractivity contribution in [2.75, 3.05) is 19.0 Å². The number of benzene rings is 1. The molecule has 1 aliphatic carbocycles. The SMILES string of the molecule is COC(=O)CNc1ccc(Oc2ncnc3sc4c(c23)CCCC4)cc1. The van der Waals surface area contributed by atoms with E-state index in [1.165, 1.54) is 30.4 Å². The number of hydrogen-bond acceptors (Lipinski definition) is 7. The maximum Gasteiger partial charge on any atom is 0.325 e. The fourth-order valence-electron chi connectivity index (χ4n) is 3.14. The first-order chi connectivity index (χ1) is 12.7. The number of carbonyl (C=O) groups is 1. The Hall–Kier alpha value is -2.67. The van der Waals surface area contributed by atoms with Crippen molar-refractivity contribution in [2.45, 2.75) is 25.7 Å². The molecule has 0 saturated heterocycles. The van der Waals surface area contributed by atoms with Gasteiger partial charge in [0.25, 0.3) is 0 Å². The summed E-state index contributed by atoms with van der Waals surface area (Å²) < 4.78 is 10.7. The molecule has 0 atom stereocenters. The van der Waals surface area contributed by atoms with Gasteiger partial charge in [0.05, 0.1) is 12.5 Å². The fraction of sp³-hybridized carbons (Fsp3) is 0.316. The highest BCUT2D eigenvalue weighted by Crippen LogP contribution is 2.40. The smallest absolute Gasteiger partial charge is 0.325 e. The lowest BCUT2D eigenvalue weighted by atomic mass is 9.97. The Bertz CT molecular complexity index is 937. The van der Waals surface area contributed by atoms with Crippen molar-refractivity contribution in [3.05, 3.63) is 41.0 Å². The Balaban J connectivity index is 1.56. The Kier molecular flexibility index (Phi) is 4.71. The van der Waals surface area contributed by atoms with Gasteiger partial charge in [0.15, 0.2) is 0 Å². The van der Waals surface area contributed by atoms with Gasteiger partial charge in [0.2, 0.25) is 5.88 Å². The van der Waals surface area contributed by atoms with E-state index in [9.17, 15) is 4.79 Å². The van der Waals surface area contributed by atoms with Gasteiger partial charge in [-0.25, -0.2) is 9.97 Å². The molecule has 0 saturated carbocycles. The zero-order valence-corrected chi connectivity index (χ0v) is 15.3. The molecule has 7 heteroatoms. The quantitative estimate of drug-likeness (QED) is 0.687. The van der Waals surface area contributed by atoms with Gasteiger partial charge in [0, 0.05) is 10.6 Å². The van der Waals surface area contributed by atoms with Crippen molar-refractivity contribution in [1.29, 1.82) is 0 Å². The van der Waals surface area contributed by atoms with Gasteiger partial charge in [-0.1, -0.05) is 0 Å². The van der Waals surface area contributed by atoms with Gasteiger partial charge in [-0.05, 0) is 55.5 Å². The van der Waals surface area contributed by atoms with Gasteiger partial charge >= 0.3 is 5.97 Å². The molecule has 1 N–H and O–H groups in total. The van der Waals surface area contributed by atoms with Crippen molar-refractivity contribution in [3.8, 4) is 11.6 Å². The van der Waals surface area contributed by atoms with Crippen molar-refractivity contribution >= 4 is 33.2 Å². The van der Waals surface area contributed by atoms with Gasteiger partial charge in [0.1, 0.15) is 23.5 Å². The first kappa shape index (κ1) is 16.8. The molecule has 2 heterocycles. The van der Waals surface area contributed by atoms with Crippen LogP contribution in [0.1, 0.15) is 23.3 Å². The monoisotopic (exact) mass is 369 g/mol. The molecule has 3 aromatic rings. The molecule has 0 spiro atoms. The Labute approximate surface area is 155 Å². The van der Waals surface area contributed by atoms with E-state index in [-0.39, 0.29) is 12.5 Å². The number of esters is 1. The van der Waals surface area contributed by atoms with Crippen LogP contribution in [0.25, 0.3) is 10.2 Å². The number of rotatable bonds is 5. The molecule has 2 aromatic heterocycles. The van der Waals surface area contributed by atoms with E-state index in [0.29, 0.717) is 11.6 Å². The summed E-state index contributed by atoms with van der Waals surface area (Å²) in [7, 11) is 1.37. The lowest BCUT2D eigenvalue weighted by Gasteiger charge is -2.12. The van der Waals surface area contributed by atoms with E-state index >= 15 is 0 Å². The normalized spacial score (nSPS) is 13.3. The second-order valence-electron chi connectivity index (χ2n) is 6.13. The zero-order chi connectivity index (χ0) is 17.9. The molecule has 6 nitrogen and oxygen atoms in total. The molecular weight excluding hydrogens is 350 g/mol. The van der Waals surface area contributed by atoms with Crippen molar-refractivity contribution in [2.24, 2.45) is 0 Å². The van der Waals surface area contributed by atoms with E-state index in [1.54, 1.807) is 17.7 Å². The molecule has 0 amide bonds. The van der Waals surface area contributed by atoms with Crippen LogP contribution in [0.4, 0.5) is 5.69 Å². The van der Waals surface area contributed by atoms with Gasteiger partial charge in [-0.3, -0.25) is 4.79 Å². The molecule has 4 rings (SSSR count). The molecule has 0 unspecified atom stereocenters. The summed E-state index contributed by atoms with van der Waals surface area (Å²) in [6.07, 6.45) is 6.19. The van der Waals surface area contributed by atoms with Crippen LogP contribution in [0.3, 0.4) is 0 Å². The molecule has 1 aliphatic rings. The summed E-state index contributed by atoms with van der Waals surface area (Å²) in [5.74, 6) is 1.00. The predicted octanol–water partition coefficient (Wildman–Crippen LogP) is 3.95. The molecular formula is C19H19N3O3S. The second-order valence-corrected chi connectivity index (χ2v) is 7.21. The highest BCUT2D eigenvalue weighted by molar-refractivity contribution is 7.18. The topological polar surface area (TPSA) is 73.3 Å². The molecule has 0 aliphatic heterocycles. The van der Waals surface area contributed by atoms with E-state index in [4.69, 9.17) is 4.74 Å². The van der Waals surface area contributed by atoms with Crippen LogP contribution < -0.4 is 10.1 Å². The van der Waals surface area contributed by atoms with E-state index in [2.05, 4.69) is 20.0 Å². The maximum atomic E-state index is 11.2. The molecule has 0 radical (unpaired) electrons. The number of thiophene rings is 1. The third-order valence-electron chi connectivity index (χ3n) is 4.45. The van der Waals surface area contributed by atoms with Crippen LogP contribution >= 0.6 is 11.3 Å². The average Bonchev–Trinajstić information content (AvgIpc) is 3.06. The summed E-state index contributed by atoms with van der Waals surface area (Å²) in [4.78, 5) is 22.4. The van der Waals surface area contributed by atoms with Crippen LogP contribution in [0.2, 0.25) is 0 Å². The van der Waals surface area contributed by atoms with Gasteiger partial charge in [-0.15, -0.1) is 11.3 Å². The maximum absolute atomic E-state index is 11.2. The third-order valence-corrected chi connectivity index (χ3v) is 5.65. The average molecular weight is 369 g/mol. The first-order valence-electron chi connectivity index (χ1n) is 8.58. The van der Waals surface area contributed by atoms with Crippen LogP contribution in [0.15, 0.2) is 30.6 Å².